The summed E-state index contributed by atoms with van der Waals surface area (Å²) >= 11 is 0. The van der Waals surface area contributed by atoms with Gasteiger partial charge in [0.05, 0.1) is 13.2 Å². The van der Waals surface area contributed by atoms with Crippen molar-refractivity contribution in [2.45, 2.75) is 45.3 Å². The molecule has 22 heavy (non-hydrogen) atoms. The second-order valence-corrected chi connectivity index (χ2v) is 7.18. The number of benzene rings is 1. The maximum atomic E-state index is 10.6. The van der Waals surface area contributed by atoms with Gasteiger partial charge in [0.15, 0.2) is 11.5 Å². The van der Waals surface area contributed by atoms with E-state index in [1.54, 1.807) is 7.11 Å². The Morgan fingerprint density at radius 1 is 1.36 bits per heavy atom. The number of ether oxygens (including phenoxy) is 1. The highest BCUT2D eigenvalue weighted by Gasteiger charge is 2.38. The molecule has 4 heteroatoms. The number of nitrogens with zero attached hydrogens (tertiary/aromatic N) is 1. The lowest BCUT2D eigenvalue weighted by Gasteiger charge is -2.46. The minimum Gasteiger partial charge on any atom is -0.504 e. The lowest BCUT2D eigenvalue weighted by Crippen LogP contribution is -2.48. The highest BCUT2D eigenvalue weighted by atomic mass is 16.5. The second-order valence-electron chi connectivity index (χ2n) is 7.18. The number of hydrogen-bond acceptors (Lipinski definition) is 4. The molecular formula is C18H27NO3. The molecule has 1 aromatic carbocycles. The number of hydrogen-bond donors (Lipinski definition) is 2. The van der Waals surface area contributed by atoms with Gasteiger partial charge in [-0.15, -0.1) is 0 Å². The Morgan fingerprint density at radius 2 is 2.14 bits per heavy atom. The molecule has 0 spiro atoms. The fourth-order valence-electron chi connectivity index (χ4n) is 4.11. The first-order valence-electron chi connectivity index (χ1n) is 8.31. The van der Waals surface area contributed by atoms with Crippen LogP contribution in [0.5, 0.6) is 11.5 Å². The van der Waals surface area contributed by atoms with Crippen LogP contribution in [-0.4, -0.2) is 41.4 Å². The molecule has 0 bridgehead atoms. The van der Waals surface area contributed by atoms with E-state index in [4.69, 9.17) is 4.74 Å². The summed E-state index contributed by atoms with van der Waals surface area (Å²) in [5.74, 6) is 1.73. The molecule has 2 aliphatic rings. The molecule has 1 saturated heterocycles. The van der Waals surface area contributed by atoms with Crippen LogP contribution in [0.25, 0.3) is 0 Å². The maximum Gasteiger partial charge on any atom is 0.160 e. The summed E-state index contributed by atoms with van der Waals surface area (Å²) in [6, 6.07) is 4.03. The van der Waals surface area contributed by atoms with Crippen molar-refractivity contribution >= 4 is 0 Å². The van der Waals surface area contributed by atoms with Gasteiger partial charge < -0.3 is 14.9 Å². The van der Waals surface area contributed by atoms with Crippen LogP contribution < -0.4 is 4.74 Å². The summed E-state index contributed by atoms with van der Waals surface area (Å²) < 4.78 is 5.26. The van der Waals surface area contributed by atoms with Gasteiger partial charge in [0.1, 0.15) is 0 Å². The van der Waals surface area contributed by atoms with Crippen molar-refractivity contribution in [3.8, 4) is 11.5 Å². The average Bonchev–Trinajstić information content (AvgIpc) is 2.47. The van der Waals surface area contributed by atoms with Gasteiger partial charge in [-0.25, -0.2) is 0 Å². The summed E-state index contributed by atoms with van der Waals surface area (Å²) in [6.45, 7) is 6.41. The van der Waals surface area contributed by atoms with E-state index in [2.05, 4.69) is 18.7 Å². The molecule has 0 amide bonds. The smallest absolute Gasteiger partial charge is 0.160 e. The van der Waals surface area contributed by atoms with Gasteiger partial charge in [0.25, 0.3) is 0 Å². The molecular weight excluding hydrogens is 278 g/mol. The third-order valence-electron chi connectivity index (χ3n) is 5.16. The number of fused-ring (bicyclic) bond motifs is 3. The Morgan fingerprint density at radius 3 is 2.82 bits per heavy atom. The van der Waals surface area contributed by atoms with Gasteiger partial charge >= 0.3 is 0 Å². The van der Waals surface area contributed by atoms with E-state index < -0.39 is 0 Å². The van der Waals surface area contributed by atoms with Crippen molar-refractivity contribution in [1.82, 2.24) is 4.90 Å². The number of aromatic hydroxyl groups is 1. The monoisotopic (exact) mass is 305 g/mol. The zero-order valence-electron chi connectivity index (χ0n) is 13.7. The molecule has 0 aromatic heterocycles. The summed E-state index contributed by atoms with van der Waals surface area (Å²) in [4.78, 5) is 2.50. The van der Waals surface area contributed by atoms with Gasteiger partial charge in [0, 0.05) is 19.1 Å². The minimum atomic E-state index is -0.241. The molecule has 3 rings (SSSR count). The van der Waals surface area contributed by atoms with Crippen LogP contribution in [0.15, 0.2) is 12.1 Å². The van der Waals surface area contributed by atoms with Crippen LogP contribution in [0.4, 0.5) is 0 Å². The van der Waals surface area contributed by atoms with Gasteiger partial charge in [-0.05, 0) is 54.4 Å². The lowest BCUT2D eigenvalue weighted by molar-refractivity contribution is -0.0191. The third kappa shape index (κ3) is 2.82. The number of phenolic OH excluding ortho intramolecular Hbond substituents is 1. The summed E-state index contributed by atoms with van der Waals surface area (Å²) in [5.41, 5.74) is 2.40. The van der Waals surface area contributed by atoms with Crippen molar-refractivity contribution in [1.29, 1.82) is 0 Å². The van der Waals surface area contributed by atoms with Gasteiger partial charge in [-0.1, -0.05) is 13.8 Å². The predicted molar refractivity (Wildman–Crippen MR) is 86.2 cm³/mol. The van der Waals surface area contributed by atoms with E-state index in [9.17, 15) is 10.2 Å². The summed E-state index contributed by atoms with van der Waals surface area (Å²) in [5, 5.41) is 20.5. The van der Waals surface area contributed by atoms with Crippen molar-refractivity contribution in [3.63, 3.8) is 0 Å². The Kier molecular flexibility index (Phi) is 4.33. The SMILES string of the molecule is COc1cc2c(cc1O)CCN1C[C@H](CC(C)C)C(O)CC21. The molecule has 2 unspecified atom stereocenters. The van der Waals surface area contributed by atoms with Crippen LogP contribution in [0.2, 0.25) is 0 Å². The van der Waals surface area contributed by atoms with Crippen molar-refractivity contribution in [3.05, 3.63) is 23.3 Å². The second kappa shape index (κ2) is 6.09. The summed E-state index contributed by atoms with van der Waals surface area (Å²) in [6.07, 6.45) is 2.57. The number of aliphatic hydroxyl groups is 1. The molecule has 2 aliphatic heterocycles. The van der Waals surface area contributed by atoms with E-state index in [0.29, 0.717) is 17.6 Å². The fraction of sp³-hybridized carbons (Fsp3) is 0.667. The first-order valence-corrected chi connectivity index (χ1v) is 8.31. The Balaban J connectivity index is 1.86. The molecule has 3 atom stereocenters. The van der Waals surface area contributed by atoms with Crippen LogP contribution in [0.3, 0.4) is 0 Å². The molecule has 4 nitrogen and oxygen atoms in total. The van der Waals surface area contributed by atoms with Crippen molar-refractivity contribution in [2.24, 2.45) is 11.8 Å². The molecule has 2 heterocycles. The molecule has 0 radical (unpaired) electrons. The maximum absolute atomic E-state index is 10.6. The Labute approximate surface area is 132 Å². The standard InChI is InChI=1S/C18H27NO3/c1-11(2)6-13-10-19-5-4-12-7-17(21)18(22-3)8-14(12)15(19)9-16(13)20/h7-8,11,13,15-16,20-21H,4-6,9-10H2,1-3H3/t13-,15?,16?/m0/s1. The zero-order valence-corrected chi connectivity index (χ0v) is 13.7. The van der Waals surface area contributed by atoms with E-state index in [0.717, 1.165) is 32.4 Å². The lowest BCUT2D eigenvalue weighted by atomic mass is 9.79. The number of methoxy groups -OCH3 is 1. The van der Waals surface area contributed by atoms with Crippen LogP contribution in [-0.2, 0) is 6.42 Å². The zero-order chi connectivity index (χ0) is 15.9. The van der Waals surface area contributed by atoms with E-state index in [1.807, 2.05) is 12.1 Å². The largest absolute Gasteiger partial charge is 0.504 e. The number of aliphatic hydroxyl groups excluding tert-OH is 1. The van der Waals surface area contributed by atoms with E-state index in [-0.39, 0.29) is 17.9 Å². The normalized spacial score (nSPS) is 28.3. The molecule has 2 N–H and O–H groups in total. The average molecular weight is 305 g/mol. The molecule has 1 fully saturated rings. The van der Waals surface area contributed by atoms with Crippen LogP contribution in [0, 0.1) is 11.8 Å². The molecule has 0 aliphatic carbocycles. The Bertz CT molecular complexity index is 543. The number of rotatable bonds is 3. The Hall–Kier alpha value is -1.26. The van der Waals surface area contributed by atoms with Crippen LogP contribution in [0.1, 0.15) is 43.9 Å². The summed E-state index contributed by atoms with van der Waals surface area (Å²) in [7, 11) is 1.58. The molecule has 0 saturated carbocycles. The first kappa shape index (κ1) is 15.6. The number of piperidine rings is 1. The van der Waals surface area contributed by atoms with Crippen molar-refractivity contribution < 1.29 is 14.9 Å². The van der Waals surface area contributed by atoms with E-state index >= 15 is 0 Å². The van der Waals surface area contributed by atoms with Gasteiger partial charge in [-0.2, -0.15) is 0 Å². The quantitative estimate of drug-likeness (QED) is 0.901. The fourth-order valence-corrected chi connectivity index (χ4v) is 4.11. The van der Waals surface area contributed by atoms with E-state index in [1.165, 1.54) is 11.1 Å². The third-order valence-corrected chi connectivity index (χ3v) is 5.16. The molecule has 122 valence electrons. The minimum absolute atomic E-state index is 0.212. The topological polar surface area (TPSA) is 52.9 Å². The molecule has 1 aromatic rings. The highest BCUT2D eigenvalue weighted by Crippen LogP contribution is 2.43. The van der Waals surface area contributed by atoms with Crippen molar-refractivity contribution in [2.75, 3.05) is 20.2 Å². The predicted octanol–water partition coefficient (Wildman–Crippen LogP) is 2.73. The highest BCUT2D eigenvalue weighted by molar-refractivity contribution is 5.48. The first-order chi connectivity index (χ1) is 10.5. The van der Waals surface area contributed by atoms with Gasteiger partial charge in [-0.3, -0.25) is 4.90 Å². The number of phenols is 1. The van der Waals surface area contributed by atoms with Gasteiger partial charge in [0.2, 0.25) is 0 Å². The van der Waals surface area contributed by atoms with Crippen LogP contribution >= 0.6 is 0 Å².